The molecule has 2 heteroatoms. The van der Waals surface area contributed by atoms with Gasteiger partial charge in [-0.2, -0.15) is 0 Å². The number of hydrogen-bond acceptors (Lipinski definition) is 1. The van der Waals surface area contributed by atoms with Gasteiger partial charge in [0.05, 0.1) is 5.69 Å². The number of benzene rings is 2. The van der Waals surface area contributed by atoms with E-state index in [0.717, 1.165) is 16.6 Å². The summed E-state index contributed by atoms with van der Waals surface area (Å²) < 4.78 is 1.06. The smallest absolute Gasteiger partial charge is 0.0526 e. The van der Waals surface area contributed by atoms with Gasteiger partial charge in [-0.05, 0) is 45.3 Å². The molecule has 0 unspecified atom stereocenters. The summed E-state index contributed by atoms with van der Waals surface area (Å²) in [6, 6.07) is 17.4. The van der Waals surface area contributed by atoms with E-state index in [9.17, 15) is 0 Å². The molecular weight excluding hydrogens is 334 g/mol. The Bertz CT molecular complexity index is 762. The van der Waals surface area contributed by atoms with Crippen LogP contribution >= 0.6 is 15.9 Å². The summed E-state index contributed by atoms with van der Waals surface area (Å²) in [6.07, 6.45) is 6.47. The summed E-state index contributed by atoms with van der Waals surface area (Å²) in [5.74, 6) is 0. The molecule has 112 valence electrons. The highest BCUT2D eigenvalue weighted by Gasteiger charge is 2.06. The van der Waals surface area contributed by atoms with Crippen molar-refractivity contribution in [2.24, 2.45) is 0 Å². The largest absolute Gasteiger partial charge is 0.259 e. The van der Waals surface area contributed by atoms with Crippen LogP contribution in [-0.4, -0.2) is 4.98 Å². The van der Waals surface area contributed by atoms with E-state index in [1.807, 2.05) is 6.20 Å². The Morgan fingerprint density at radius 3 is 2.32 bits per heavy atom. The molecule has 1 heterocycles. The summed E-state index contributed by atoms with van der Waals surface area (Å²) >= 11 is 3.59. The van der Waals surface area contributed by atoms with Gasteiger partial charge < -0.3 is 0 Å². The monoisotopic (exact) mass is 353 g/mol. The maximum atomic E-state index is 4.63. The van der Waals surface area contributed by atoms with Gasteiger partial charge in [-0.15, -0.1) is 0 Å². The summed E-state index contributed by atoms with van der Waals surface area (Å²) in [4.78, 5) is 4.63. The fourth-order valence-electron chi connectivity index (χ4n) is 2.76. The van der Waals surface area contributed by atoms with E-state index < -0.39 is 0 Å². The normalized spacial score (nSPS) is 11.0. The zero-order valence-corrected chi connectivity index (χ0v) is 14.4. The molecule has 0 fully saturated rings. The van der Waals surface area contributed by atoms with Gasteiger partial charge >= 0.3 is 0 Å². The maximum absolute atomic E-state index is 4.63. The van der Waals surface area contributed by atoms with Gasteiger partial charge in [0.2, 0.25) is 0 Å². The molecule has 0 radical (unpaired) electrons. The zero-order chi connectivity index (χ0) is 15.4. The van der Waals surface area contributed by atoms with Crippen LogP contribution in [0.25, 0.3) is 10.8 Å². The lowest BCUT2D eigenvalue weighted by Gasteiger charge is -2.08. The van der Waals surface area contributed by atoms with Crippen molar-refractivity contribution in [2.45, 2.75) is 32.6 Å². The molecule has 1 aromatic heterocycles. The third-order valence-corrected chi connectivity index (χ3v) is 4.67. The average molecular weight is 354 g/mol. The van der Waals surface area contributed by atoms with E-state index >= 15 is 0 Å². The third-order valence-electron chi connectivity index (χ3n) is 4.04. The van der Waals surface area contributed by atoms with Gasteiger partial charge in [-0.1, -0.05) is 61.9 Å². The number of aryl methyl sites for hydroxylation is 1. The van der Waals surface area contributed by atoms with Crippen molar-refractivity contribution in [3.63, 3.8) is 0 Å². The fraction of sp³-hybridized carbons (Fsp3) is 0.250. The Kier molecular flexibility index (Phi) is 4.89. The van der Waals surface area contributed by atoms with Gasteiger partial charge in [-0.25, -0.2) is 0 Å². The Hall–Kier alpha value is -1.67. The molecular formula is C20H20BrN. The first-order valence-electron chi connectivity index (χ1n) is 7.88. The molecule has 2 aromatic carbocycles. The fourth-order valence-corrected chi connectivity index (χ4v) is 3.20. The minimum absolute atomic E-state index is 0.877. The number of nitrogens with zero attached hydrogens (tertiary/aromatic N) is 1. The van der Waals surface area contributed by atoms with Crippen LogP contribution in [-0.2, 0) is 12.8 Å². The van der Waals surface area contributed by atoms with Crippen LogP contribution in [0.1, 0.15) is 36.6 Å². The first kappa shape index (κ1) is 15.2. The molecule has 0 amide bonds. The minimum Gasteiger partial charge on any atom is -0.259 e. The molecule has 0 aliphatic rings. The number of aromatic nitrogens is 1. The van der Waals surface area contributed by atoms with Gasteiger partial charge in [0.1, 0.15) is 0 Å². The quantitative estimate of drug-likeness (QED) is 0.553. The number of fused-ring (bicyclic) bond motifs is 1. The molecule has 1 nitrogen and oxygen atoms in total. The van der Waals surface area contributed by atoms with E-state index in [0.29, 0.717) is 0 Å². The lowest BCUT2D eigenvalue weighted by atomic mass is 10.0. The topological polar surface area (TPSA) is 12.9 Å². The molecule has 0 aliphatic carbocycles. The number of pyridine rings is 1. The van der Waals surface area contributed by atoms with E-state index in [4.69, 9.17) is 0 Å². The van der Waals surface area contributed by atoms with Crippen molar-refractivity contribution in [3.8, 4) is 0 Å². The second-order valence-electron chi connectivity index (χ2n) is 5.70. The molecule has 0 spiro atoms. The second-order valence-corrected chi connectivity index (χ2v) is 6.55. The Balaban J connectivity index is 1.85. The van der Waals surface area contributed by atoms with Crippen LogP contribution in [0.3, 0.4) is 0 Å². The van der Waals surface area contributed by atoms with E-state index in [1.165, 1.54) is 41.2 Å². The Labute approximate surface area is 140 Å². The minimum atomic E-state index is 0.877. The summed E-state index contributed by atoms with van der Waals surface area (Å²) in [5.41, 5.74) is 3.89. The van der Waals surface area contributed by atoms with Crippen LogP contribution in [0.15, 0.2) is 59.2 Å². The van der Waals surface area contributed by atoms with Crippen molar-refractivity contribution < 1.29 is 0 Å². The summed E-state index contributed by atoms with van der Waals surface area (Å²) in [7, 11) is 0. The van der Waals surface area contributed by atoms with Gasteiger partial charge in [-0.3, -0.25) is 4.98 Å². The summed E-state index contributed by atoms with van der Waals surface area (Å²) in [5, 5.41) is 2.46. The lowest BCUT2D eigenvalue weighted by Crippen LogP contribution is -1.95. The highest BCUT2D eigenvalue weighted by Crippen LogP contribution is 2.26. The molecule has 3 rings (SSSR count). The van der Waals surface area contributed by atoms with Crippen molar-refractivity contribution in [3.05, 3.63) is 76.0 Å². The number of rotatable bonds is 5. The first-order chi connectivity index (χ1) is 10.8. The highest BCUT2D eigenvalue weighted by molar-refractivity contribution is 9.10. The molecule has 0 aliphatic heterocycles. The van der Waals surface area contributed by atoms with E-state index in [1.54, 1.807) is 0 Å². The van der Waals surface area contributed by atoms with Crippen molar-refractivity contribution in [2.75, 3.05) is 0 Å². The second kappa shape index (κ2) is 7.06. The van der Waals surface area contributed by atoms with Gasteiger partial charge in [0.25, 0.3) is 0 Å². The van der Waals surface area contributed by atoms with E-state index in [-0.39, 0.29) is 0 Å². The standard InChI is InChI=1S/C20H20BrN/c1-2-3-6-15-9-11-16(12-10-15)13-20-18-8-5-4-7-17(18)19(21)14-22-20/h4-5,7-12,14H,2-3,6,13H2,1H3. The van der Waals surface area contributed by atoms with Crippen LogP contribution in [0.2, 0.25) is 0 Å². The van der Waals surface area contributed by atoms with Gasteiger partial charge in [0.15, 0.2) is 0 Å². The predicted molar refractivity (Wildman–Crippen MR) is 97.3 cm³/mol. The third kappa shape index (κ3) is 3.38. The Morgan fingerprint density at radius 1 is 0.909 bits per heavy atom. The van der Waals surface area contributed by atoms with Crippen molar-refractivity contribution in [1.82, 2.24) is 4.98 Å². The van der Waals surface area contributed by atoms with Crippen LogP contribution in [0.4, 0.5) is 0 Å². The van der Waals surface area contributed by atoms with Crippen molar-refractivity contribution in [1.29, 1.82) is 0 Å². The SMILES string of the molecule is CCCCc1ccc(Cc2ncc(Br)c3ccccc23)cc1. The number of halogens is 1. The molecule has 0 saturated heterocycles. The molecule has 0 saturated carbocycles. The lowest BCUT2D eigenvalue weighted by molar-refractivity contribution is 0.794. The molecule has 0 atom stereocenters. The van der Waals surface area contributed by atoms with Crippen molar-refractivity contribution >= 4 is 26.7 Å². The molecule has 0 N–H and O–H groups in total. The molecule has 22 heavy (non-hydrogen) atoms. The first-order valence-corrected chi connectivity index (χ1v) is 8.67. The highest BCUT2D eigenvalue weighted by atomic mass is 79.9. The van der Waals surface area contributed by atoms with Crippen LogP contribution in [0.5, 0.6) is 0 Å². The van der Waals surface area contributed by atoms with Crippen LogP contribution in [0, 0.1) is 0 Å². The van der Waals surface area contributed by atoms with E-state index in [2.05, 4.69) is 76.4 Å². The Morgan fingerprint density at radius 2 is 1.59 bits per heavy atom. The van der Waals surface area contributed by atoms with Gasteiger partial charge in [0, 0.05) is 22.5 Å². The average Bonchev–Trinajstić information content (AvgIpc) is 2.57. The number of hydrogen-bond donors (Lipinski definition) is 0. The summed E-state index contributed by atoms with van der Waals surface area (Å²) in [6.45, 7) is 2.23. The zero-order valence-electron chi connectivity index (χ0n) is 12.8. The number of unbranched alkanes of at least 4 members (excludes halogenated alkanes) is 1. The predicted octanol–water partition coefficient (Wildman–Crippen LogP) is 5.93. The molecule has 0 bridgehead atoms. The molecule has 3 aromatic rings. The maximum Gasteiger partial charge on any atom is 0.0526 e. The van der Waals surface area contributed by atoms with Crippen LogP contribution < -0.4 is 0 Å².